The molecule has 0 bridgehead atoms. The van der Waals surface area contributed by atoms with Gasteiger partial charge >= 0.3 is 12.1 Å². The molecule has 0 aliphatic carbocycles. The first-order valence-electron chi connectivity index (χ1n) is 7.62. The van der Waals surface area contributed by atoms with Crippen molar-refractivity contribution in [1.29, 1.82) is 0 Å². The number of hydrogen-bond acceptors (Lipinski definition) is 3. The fourth-order valence-electron chi connectivity index (χ4n) is 2.35. The van der Waals surface area contributed by atoms with E-state index in [-0.39, 0.29) is 22.0 Å². The number of nitrogens with one attached hydrogen (secondary N) is 1. The lowest BCUT2D eigenvalue weighted by atomic mass is 10.0. The van der Waals surface area contributed by atoms with Gasteiger partial charge < -0.3 is 10.1 Å². The van der Waals surface area contributed by atoms with Gasteiger partial charge in [0, 0.05) is 22.0 Å². The zero-order chi connectivity index (χ0) is 20.2. The summed E-state index contributed by atoms with van der Waals surface area (Å²) >= 11 is 12.1. The van der Waals surface area contributed by atoms with Gasteiger partial charge in [-0.05, 0) is 35.9 Å². The summed E-state index contributed by atoms with van der Waals surface area (Å²) < 4.78 is 43.1. The average Bonchev–Trinajstić information content (AvgIpc) is 2.62. The highest BCUT2D eigenvalue weighted by molar-refractivity contribution is 6.36. The standard InChI is InChI=1S/C18H14Cl2F3NO3/c1-27-17(26)15(9-12-13(19)6-3-7-14(12)20)24-16(25)10-4-2-5-11(8-10)18(21,22)23/h2-8,15H,9H2,1H3,(H,24,25)/t15-/m1/s1. The summed E-state index contributed by atoms with van der Waals surface area (Å²) in [5.41, 5.74) is -0.816. The molecule has 0 aliphatic heterocycles. The van der Waals surface area contributed by atoms with Crippen LogP contribution in [0.15, 0.2) is 42.5 Å². The van der Waals surface area contributed by atoms with Crippen LogP contribution in [-0.2, 0) is 22.1 Å². The summed E-state index contributed by atoms with van der Waals surface area (Å²) in [5, 5.41) is 2.93. The smallest absolute Gasteiger partial charge is 0.416 e. The molecule has 0 fully saturated rings. The van der Waals surface area contributed by atoms with Gasteiger partial charge in [-0.3, -0.25) is 4.79 Å². The summed E-state index contributed by atoms with van der Waals surface area (Å²) in [7, 11) is 1.12. The average molecular weight is 420 g/mol. The van der Waals surface area contributed by atoms with Crippen molar-refractivity contribution in [3.8, 4) is 0 Å². The summed E-state index contributed by atoms with van der Waals surface area (Å²) in [6, 6.07) is 7.41. The Balaban J connectivity index is 2.26. The maximum absolute atomic E-state index is 12.8. The Labute approximate surface area is 163 Å². The van der Waals surface area contributed by atoms with Gasteiger partial charge in [0.05, 0.1) is 12.7 Å². The molecule has 0 heterocycles. The van der Waals surface area contributed by atoms with Crippen LogP contribution in [0.3, 0.4) is 0 Å². The predicted octanol–water partition coefficient (Wildman–Crippen LogP) is 4.53. The van der Waals surface area contributed by atoms with Crippen molar-refractivity contribution >= 4 is 35.1 Å². The Morgan fingerprint density at radius 2 is 1.70 bits per heavy atom. The van der Waals surface area contributed by atoms with Crippen molar-refractivity contribution in [2.45, 2.75) is 18.6 Å². The van der Waals surface area contributed by atoms with E-state index in [1.54, 1.807) is 18.2 Å². The molecule has 144 valence electrons. The highest BCUT2D eigenvalue weighted by atomic mass is 35.5. The molecule has 2 aromatic carbocycles. The van der Waals surface area contributed by atoms with Gasteiger partial charge in [0.15, 0.2) is 0 Å². The largest absolute Gasteiger partial charge is 0.467 e. The molecular formula is C18H14Cl2F3NO3. The molecular weight excluding hydrogens is 406 g/mol. The molecule has 27 heavy (non-hydrogen) atoms. The van der Waals surface area contributed by atoms with Gasteiger partial charge in [-0.15, -0.1) is 0 Å². The fourth-order valence-corrected chi connectivity index (χ4v) is 2.90. The number of methoxy groups -OCH3 is 1. The second-order valence-electron chi connectivity index (χ2n) is 5.53. The highest BCUT2D eigenvalue weighted by Gasteiger charge is 2.31. The third-order valence-corrected chi connectivity index (χ3v) is 4.42. The molecule has 1 atom stereocenters. The van der Waals surface area contributed by atoms with E-state index >= 15 is 0 Å². The SMILES string of the molecule is COC(=O)[C@@H](Cc1c(Cl)cccc1Cl)NC(=O)c1cccc(C(F)(F)F)c1. The Morgan fingerprint density at radius 3 is 2.26 bits per heavy atom. The van der Waals surface area contributed by atoms with E-state index in [2.05, 4.69) is 10.1 Å². The van der Waals surface area contributed by atoms with Gasteiger partial charge in [0.2, 0.25) is 0 Å². The molecule has 9 heteroatoms. The minimum absolute atomic E-state index is 0.0874. The van der Waals surface area contributed by atoms with Crippen LogP contribution in [-0.4, -0.2) is 25.0 Å². The van der Waals surface area contributed by atoms with Gasteiger partial charge in [-0.1, -0.05) is 35.3 Å². The van der Waals surface area contributed by atoms with Crippen LogP contribution < -0.4 is 5.32 Å². The van der Waals surface area contributed by atoms with Crippen molar-refractivity contribution in [1.82, 2.24) is 5.32 Å². The Kier molecular flexibility index (Phi) is 6.73. The van der Waals surface area contributed by atoms with Crippen LogP contribution in [0, 0.1) is 0 Å². The van der Waals surface area contributed by atoms with E-state index in [9.17, 15) is 22.8 Å². The number of carbonyl (C=O) groups is 2. The first kappa shape index (κ1) is 21.1. The minimum atomic E-state index is -4.59. The lowest BCUT2D eigenvalue weighted by Gasteiger charge is -2.18. The lowest BCUT2D eigenvalue weighted by Crippen LogP contribution is -2.43. The van der Waals surface area contributed by atoms with Crippen LogP contribution in [0.25, 0.3) is 0 Å². The number of amides is 1. The van der Waals surface area contributed by atoms with Crippen molar-refractivity contribution in [3.63, 3.8) is 0 Å². The topological polar surface area (TPSA) is 55.4 Å². The maximum Gasteiger partial charge on any atom is 0.416 e. The number of halogens is 5. The van der Waals surface area contributed by atoms with Crippen molar-refractivity contribution in [2.75, 3.05) is 7.11 Å². The number of carbonyl (C=O) groups excluding carboxylic acids is 2. The third kappa shape index (κ3) is 5.37. The second kappa shape index (κ2) is 8.63. The van der Waals surface area contributed by atoms with Crippen LogP contribution in [0.4, 0.5) is 13.2 Å². The quantitative estimate of drug-likeness (QED) is 0.724. The number of rotatable bonds is 5. The summed E-state index contributed by atoms with van der Waals surface area (Å²) in [4.78, 5) is 24.4. The molecule has 0 aliphatic rings. The van der Waals surface area contributed by atoms with Crippen LogP contribution in [0.2, 0.25) is 10.0 Å². The molecule has 4 nitrogen and oxygen atoms in total. The Morgan fingerprint density at radius 1 is 1.11 bits per heavy atom. The number of ether oxygens (including phenoxy) is 1. The van der Waals surface area contributed by atoms with Crippen molar-refractivity contribution < 1.29 is 27.5 Å². The van der Waals surface area contributed by atoms with E-state index in [1.807, 2.05) is 0 Å². The molecule has 0 saturated carbocycles. The molecule has 0 radical (unpaired) electrons. The first-order valence-corrected chi connectivity index (χ1v) is 8.38. The second-order valence-corrected chi connectivity index (χ2v) is 6.35. The lowest BCUT2D eigenvalue weighted by molar-refractivity contribution is -0.143. The van der Waals surface area contributed by atoms with E-state index in [4.69, 9.17) is 23.2 Å². The maximum atomic E-state index is 12.8. The van der Waals surface area contributed by atoms with Crippen LogP contribution in [0.1, 0.15) is 21.5 Å². The van der Waals surface area contributed by atoms with E-state index < -0.39 is 29.7 Å². The first-order chi connectivity index (χ1) is 12.6. The Bertz CT molecular complexity index is 836. The zero-order valence-corrected chi connectivity index (χ0v) is 15.5. The highest BCUT2D eigenvalue weighted by Crippen LogP contribution is 2.30. The van der Waals surface area contributed by atoms with Gasteiger partial charge in [0.1, 0.15) is 6.04 Å². The minimum Gasteiger partial charge on any atom is -0.467 e. The van der Waals surface area contributed by atoms with Gasteiger partial charge in [0.25, 0.3) is 5.91 Å². The van der Waals surface area contributed by atoms with E-state index in [1.165, 1.54) is 6.07 Å². The molecule has 0 saturated heterocycles. The monoisotopic (exact) mass is 419 g/mol. The third-order valence-electron chi connectivity index (χ3n) is 3.71. The molecule has 0 unspecified atom stereocenters. The van der Waals surface area contributed by atoms with Crippen LogP contribution in [0.5, 0.6) is 0 Å². The molecule has 0 spiro atoms. The summed E-state index contributed by atoms with van der Waals surface area (Å²) in [6.45, 7) is 0. The van der Waals surface area contributed by atoms with E-state index in [0.717, 1.165) is 19.2 Å². The number of hydrogen-bond donors (Lipinski definition) is 1. The van der Waals surface area contributed by atoms with E-state index in [0.29, 0.717) is 11.6 Å². The van der Waals surface area contributed by atoms with Crippen molar-refractivity contribution in [3.05, 3.63) is 69.2 Å². The normalized spacial score (nSPS) is 12.4. The molecule has 1 amide bonds. The van der Waals surface area contributed by atoms with Crippen molar-refractivity contribution in [2.24, 2.45) is 0 Å². The Hall–Kier alpha value is -2.25. The molecule has 0 aromatic heterocycles. The zero-order valence-electron chi connectivity index (χ0n) is 13.9. The number of esters is 1. The fraction of sp³-hybridized carbons (Fsp3) is 0.222. The molecule has 2 rings (SSSR count). The molecule has 2 aromatic rings. The van der Waals surface area contributed by atoms with Crippen LogP contribution >= 0.6 is 23.2 Å². The number of alkyl halides is 3. The molecule has 1 N–H and O–H groups in total. The summed E-state index contributed by atoms with van der Waals surface area (Å²) in [6.07, 6.45) is -4.68. The number of benzene rings is 2. The summed E-state index contributed by atoms with van der Waals surface area (Å²) in [5.74, 6) is -1.65. The van der Waals surface area contributed by atoms with Gasteiger partial charge in [-0.2, -0.15) is 13.2 Å². The predicted molar refractivity (Wildman–Crippen MR) is 94.9 cm³/mol. The van der Waals surface area contributed by atoms with Gasteiger partial charge in [-0.25, -0.2) is 4.79 Å².